The van der Waals surface area contributed by atoms with Gasteiger partial charge in [-0.05, 0) is 67.6 Å². The van der Waals surface area contributed by atoms with Gasteiger partial charge in [0.2, 0.25) is 5.90 Å². The molecule has 3 rings (SSSR count). The van der Waals surface area contributed by atoms with Gasteiger partial charge in [-0.2, -0.15) is 0 Å². The predicted octanol–water partition coefficient (Wildman–Crippen LogP) is 5.50. The Morgan fingerprint density at radius 3 is 2.55 bits per heavy atom. The minimum atomic E-state index is -0.626. The molecule has 0 radical (unpaired) electrons. The summed E-state index contributed by atoms with van der Waals surface area (Å²) >= 11 is 6.97. The standard InChI is InChI=1S/C20H16Br2N2O5/c1-11(2)10-28-18-15(21)6-12(7-16(18)22)8-17-20(25)29-19(23-17)13-4-3-5-14(9-13)24(26)27/h3-9,11H,10H2,1-2H3/b17-8-. The lowest BCUT2D eigenvalue weighted by molar-refractivity contribution is -0.384. The van der Waals surface area contributed by atoms with Crippen LogP contribution in [0.3, 0.4) is 0 Å². The van der Waals surface area contributed by atoms with Gasteiger partial charge >= 0.3 is 5.97 Å². The number of carbonyl (C=O) groups is 1. The predicted molar refractivity (Wildman–Crippen MR) is 116 cm³/mol. The van der Waals surface area contributed by atoms with Crippen molar-refractivity contribution in [3.8, 4) is 5.75 Å². The average Bonchev–Trinajstić information content (AvgIpc) is 3.01. The third kappa shape index (κ3) is 5.10. The second kappa shape index (κ2) is 8.87. The molecule has 0 atom stereocenters. The molecule has 0 aliphatic carbocycles. The SMILES string of the molecule is CC(C)COc1c(Br)cc(/C=C2\N=C(c3cccc([N+](=O)[O-])c3)OC2=O)cc1Br. The van der Waals surface area contributed by atoms with E-state index in [0.717, 1.165) is 8.95 Å². The van der Waals surface area contributed by atoms with Crippen LogP contribution in [-0.4, -0.2) is 23.4 Å². The Labute approximate surface area is 183 Å². The lowest BCUT2D eigenvalue weighted by Crippen LogP contribution is -2.06. The molecule has 1 heterocycles. The van der Waals surface area contributed by atoms with E-state index in [1.165, 1.54) is 18.2 Å². The summed E-state index contributed by atoms with van der Waals surface area (Å²) in [7, 11) is 0. The number of hydrogen-bond donors (Lipinski definition) is 0. The largest absolute Gasteiger partial charge is 0.491 e. The number of non-ortho nitro benzene ring substituents is 1. The Morgan fingerprint density at radius 1 is 1.24 bits per heavy atom. The summed E-state index contributed by atoms with van der Waals surface area (Å²) in [6.45, 7) is 4.69. The van der Waals surface area contributed by atoms with Crippen molar-refractivity contribution in [2.75, 3.05) is 6.61 Å². The molecule has 0 aromatic heterocycles. The fourth-order valence-electron chi connectivity index (χ4n) is 2.49. The van der Waals surface area contributed by atoms with Crippen molar-refractivity contribution >= 4 is 55.5 Å². The van der Waals surface area contributed by atoms with Gasteiger partial charge in [-0.15, -0.1) is 0 Å². The smallest absolute Gasteiger partial charge is 0.363 e. The lowest BCUT2D eigenvalue weighted by atomic mass is 10.2. The number of cyclic esters (lactones) is 1. The molecule has 2 aromatic carbocycles. The molecule has 1 aliphatic heterocycles. The Kier molecular flexibility index (Phi) is 6.49. The number of nitrogens with zero attached hydrogens (tertiary/aromatic N) is 2. The normalized spacial score (nSPS) is 14.9. The highest BCUT2D eigenvalue weighted by molar-refractivity contribution is 9.11. The van der Waals surface area contributed by atoms with E-state index in [0.29, 0.717) is 29.4 Å². The van der Waals surface area contributed by atoms with E-state index in [4.69, 9.17) is 9.47 Å². The van der Waals surface area contributed by atoms with Gasteiger partial charge in [0, 0.05) is 17.7 Å². The van der Waals surface area contributed by atoms with Crippen LogP contribution < -0.4 is 4.74 Å². The first-order chi connectivity index (χ1) is 13.7. The second-order valence-electron chi connectivity index (χ2n) is 6.66. The molecule has 150 valence electrons. The highest BCUT2D eigenvalue weighted by Crippen LogP contribution is 2.36. The van der Waals surface area contributed by atoms with E-state index in [1.807, 2.05) is 12.1 Å². The summed E-state index contributed by atoms with van der Waals surface area (Å²) in [6.07, 6.45) is 1.58. The third-order valence-electron chi connectivity index (χ3n) is 3.81. The molecule has 0 fully saturated rings. The number of esters is 1. The van der Waals surface area contributed by atoms with Gasteiger partial charge in [-0.3, -0.25) is 10.1 Å². The third-order valence-corrected chi connectivity index (χ3v) is 4.99. The van der Waals surface area contributed by atoms with Gasteiger partial charge in [0.1, 0.15) is 5.75 Å². The number of nitro benzene ring substituents is 1. The molecule has 0 unspecified atom stereocenters. The Morgan fingerprint density at radius 2 is 1.93 bits per heavy atom. The van der Waals surface area contributed by atoms with E-state index in [2.05, 4.69) is 50.7 Å². The van der Waals surface area contributed by atoms with E-state index in [9.17, 15) is 14.9 Å². The maximum atomic E-state index is 12.2. The van der Waals surface area contributed by atoms with Crippen LogP contribution in [0.25, 0.3) is 6.08 Å². The maximum Gasteiger partial charge on any atom is 0.363 e. The number of hydrogen-bond acceptors (Lipinski definition) is 6. The fraction of sp³-hybridized carbons (Fsp3) is 0.200. The van der Waals surface area contributed by atoms with Crippen LogP contribution in [0.4, 0.5) is 5.69 Å². The molecule has 0 bridgehead atoms. The van der Waals surface area contributed by atoms with Crippen LogP contribution in [0.15, 0.2) is 56.0 Å². The number of carbonyl (C=O) groups excluding carboxylic acids is 1. The summed E-state index contributed by atoms with van der Waals surface area (Å²) in [6, 6.07) is 9.38. The minimum Gasteiger partial charge on any atom is -0.491 e. The number of rotatable bonds is 6. The van der Waals surface area contributed by atoms with Gasteiger partial charge in [-0.25, -0.2) is 9.79 Å². The summed E-state index contributed by atoms with van der Waals surface area (Å²) in [4.78, 5) is 26.8. The zero-order valence-corrected chi connectivity index (χ0v) is 18.7. The molecule has 2 aromatic rings. The molecule has 1 aliphatic rings. The van der Waals surface area contributed by atoms with Crippen molar-refractivity contribution < 1.29 is 19.2 Å². The second-order valence-corrected chi connectivity index (χ2v) is 8.37. The maximum absolute atomic E-state index is 12.2. The van der Waals surface area contributed by atoms with E-state index in [1.54, 1.807) is 12.1 Å². The van der Waals surface area contributed by atoms with E-state index >= 15 is 0 Å². The van der Waals surface area contributed by atoms with Gasteiger partial charge in [0.15, 0.2) is 5.70 Å². The van der Waals surface area contributed by atoms with Crippen molar-refractivity contribution in [2.24, 2.45) is 10.9 Å². The van der Waals surface area contributed by atoms with Crippen molar-refractivity contribution in [3.05, 3.63) is 72.3 Å². The van der Waals surface area contributed by atoms with Gasteiger partial charge in [0.05, 0.1) is 20.5 Å². The first kappa shape index (κ1) is 21.2. The minimum absolute atomic E-state index is 0.0277. The van der Waals surface area contributed by atoms with Crippen LogP contribution in [0.1, 0.15) is 25.0 Å². The fourth-order valence-corrected chi connectivity index (χ4v) is 3.94. The summed E-state index contributed by atoms with van der Waals surface area (Å²) in [5.41, 5.74) is 1.05. The Balaban J connectivity index is 1.89. The molecular weight excluding hydrogens is 508 g/mol. The molecule has 29 heavy (non-hydrogen) atoms. The zero-order valence-electron chi connectivity index (χ0n) is 15.5. The number of aliphatic imine (C=N–C) groups is 1. The van der Waals surface area contributed by atoms with Crippen LogP contribution in [-0.2, 0) is 9.53 Å². The number of nitro groups is 1. The monoisotopic (exact) mass is 522 g/mol. The number of ether oxygens (including phenoxy) is 2. The summed E-state index contributed by atoms with van der Waals surface area (Å²) in [5, 5.41) is 10.9. The van der Waals surface area contributed by atoms with Crippen molar-refractivity contribution in [3.63, 3.8) is 0 Å². The van der Waals surface area contributed by atoms with Crippen molar-refractivity contribution in [1.29, 1.82) is 0 Å². The number of halogens is 2. The van der Waals surface area contributed by atoms with Crippen LogP contribution in [0.5, 0.6) is 5.75 Å². The molecule has 0 amide bonds. The van der Waals surface area contributed by atoms with Crippen molar-refractivity contribution in [2.45, 2.75) is 13.8 Å². The van der Waals surface area contributed by atoms with Crippen LogP contribution in [0.2, 0.25) is 0 Å². The quantitative estimate of drug-likeness (QED) is 0.216. The molecule has 9 heteroatoms. The molecule has 0 spiro atoms. The number of benzene rings is 2. The average molecular weight is 524 g/mol. The first-order valence-corrected chi connectivity index (χ1v) is 10.2. The van der Waals surface area contributed by atoms with Gasteiger partial charge in [-0.1, -0.05) is 19.9 Å². The van der Waals surface area contributed by atoms with Crippen LogP contribution in [0, 0.1) is 16.0 Å². The zero-order chi connectivity index (χ0) is 21.1. The van der Waals surface area contributed by atoms with Gasteiger partial charge in [0.25, 0.3) is 5.69 Å². The van der Waals surface area contributed by atoms with E-state index in [-0.39, 0.29) is 17.3 Å². The molecule has 0 N–H and O–H groups in total. The molecular formula is C20H16Br2N2O5. The van der Waals surface area contributed by atoms with E-state index < -0.39 is 10.9 Å². The summed E-state index contributed by atoms with van der Waals surface area (Å²) in [5.74, 6) is 0.458. The molecule has 7 nitrogen and oxygen atoms in total. The Bertz CT molecular complexity index is 1020. The molecule has 0 saturated heterocycles. The van der Waals surface area contributed by atoms with Crippen LogP contribution >= 0.6 is 31.9 Å². The Hall–Kier alpha value is -2.52. The highest BCUT2D eigenvalue weighted by atomic mass is 79.9. The summed E-state index contributed by atoms with van der Waals surface area (Å²) < 4.78 is 12.4. The highest BCUT2D eigenvalue weighted by Gasteiger charge is 2.25. The topological polar surface area (TPSA) is 91.0 Å². The van der Waals surface area contributed by atoms with Gasteiger partial charge < -0.3 is 9.47 Å². The first-order valence-electron chi connectivity index (χ1n) is 8.64. The lowest BCUT2D eigenvalue weighted by Gasteiger charge is -2.13. The van der Waals surface area contributed by atoms with Crippen molar-refractivity contribution in [1.82, 2.24) is 0 Å². The molecule has 0 saturated carbocycles.